The maximum absolute atomic E-state index is 11.6. The van der Waals surface area contributed by atoms with Crippen LogP contribution in [-0.2, 0) is 4.74 Å². The molecule has 0 radical (unpaired) electrons. The van der Waals surface area contributed by atoms with E-state index in [9.17, 15) is 4.79 Å². The van der Waals surface area contributed by atoms with Gasteiger partial charge in [-0.2, -0.15) is 0 Å². The predicted octanol–water partition coefficient (Wildman–Crippen LogP) is 3.12. The molecule has 0 aliphatic heterocycles. The average molecular weight is 286 g/mol. The van der Waals surface area contributed by atoms with E-state index in [2.05, 4.69) is 12.2 Å². The van der Waals surface area contributed by atoms with Gasteiger partial charge in [-0.15, -0.1) is 11.3 Å². The minimum absolute atomic E-state index is 0.00544. The summed E-state index contributed by atoms with van der Waals surface area (Å²) in [5.41, 5.74) is 6.33. The van der Waals surface area contributed by atoms with Crippen LogP contribution in [0.5, 0.6) is 5.75 Å². The molecule has 0 amide bonds. The number of carbonyl (C=O) groups excluding carboxylic acids is 1. The van der Waals surface area contributed by atoms with Crippen molar-refractivity contribution in [2.45, 2.75) is 39.7 Å². The Labute approximate surface area is 118 Å². The molecule has 0 atom stereocenters. The number of methoxy groups -OCH3 is 1. The molecule has 3 N–H and O–H groups in total. The summed E-state index contributed by atoms with van der Waals surface area (Å²) in [7, 11) is 1.34. The number of thiophene rings is 1. The lowest BCUT2D eigenvalue weighted by Gasteiger charge is -2.12. The Balaban J connectivity index is 3.01. The summed E-state index contributed by atoms with van der Waals surface area (Å²) in [5.74, 6) is 0.121. The SMILES string of the molecule is CCCCNc1sc(C(=O)OC)c(N)c1OC(C)C. The van der Waals surface area contributed by atoms with E-state index in [0.717, 1.165) is 24.4 Å². The quantitative estimate of drug-likeness (QED) is 0.595. The molecule has 1 aromatic rings. The summed E-state index contributed by atoms with van der Waals surface area (Å²) in [6.07, 6.45) is 2.14. The summed E-state index contributed by atoms with van der Waals surface area (Å²) in [5, 5.41) is 4.06. The second kappa shape index (κ2) is 7.23. The van der Waals surface area contributed by atoms with Crippen molar-refractivity contribution in [2.75, 3.05) is 24.7 Å². The van der Waals surface area contributed by atoms with E-state index in [1.54, 1.807) is 0 Å². The molecule has 0 saturated carbocycles. The summed E-state index contributed by atoms with van der Waals surface area (Å²) in [4.78, 5) is 12.0. The van der Waals surface area contributed by atoms with E-state index >= 15 is 0 Å². The third-order valence-corrected chi connectivity index (χ3v) is 3.56. The van der Waals surface area contributed by atoms with Crippen molar-refractivity contribution in [3.05, 3.63) is 4.88 Å². The van der Waals surface area contributed by atoms with Crippen molar-refractivity contribution in [1.82, 2.24) is 0 Å². The number of nitrogens with one attached hydrogen (secondary N) is 1. The zero-order valence-corrected chi connectivity index (χ0v) is 12.7. The maximum atomic E-state index is 11.6. The largest absolute Gasteiger partial charge is 0.486 e. The highest BCUT2D eigenvalue weighted by Gasteiger charge is 2.23. The molecule has 5 nitrogen and oxygen atoms in total. The number of hydrogen-bond acceptors (Lipinski definition) is 6. The first-order valence-electron chi connectivity index (χ1n) is 6.42. The molecule has 0 aliphatic rings. The van der Waals surface area contributed by atoms with Crippen molar-refractivity contribution < 1.29 is 14.3 Å². The van der Waals surface area contributed by atoms with Crippen molar-refractivity contribution in [1.29, 1.82) is 0 Å². The average Bonchev–Trinajstić information content (AvgIpc) is 2.66. The van der Waals surface area contributed by atoms with Crippen LogP contribution >= 0.6 is 11.3 Å². The zero-order valence-electron chi connectivity index (χ0n) is 11.9. The van der Waals surface area contributed by atoms with E-state index in [1.807, 2.05) is 13.8 Å². The van der Waals surface area contributed by atoms with Crippen molar-refractivity contribution in [3.63, 3.8) is 0 Å². The van der Waals surface area contributed by atoms with E-state index in [4.69, 9.17) is 15.2 Å². The van der Waals surface area contributed by atoms with Crippen LogP contribution in [0, 0.1) is 0 Å². The van der Waals surface area contributed by atoms with Gasteiger partial charge < -0.3 is 20.5 Å². The highest BCUT2D eigenvalue weighted by molar-refractivity contribution is 7.19. The number of unbranched alkanes of at least 4 members (excludes halogenated alkanes) is 1. The first-order chi connectivity index (χ1) is 9.01. The third kappa shape index (κ3) is 4.02. The van der Waals surface area contributed by atoms with Gasteiger partial charge in [0.2, 0.25) is 0 Å². The van der Waals surface area contributed by atoms with Crippen molar-refractivity contribution in [2.24, 2.45) is 0 Å². The Morgan fingerprint density at radius 1 is 1.47 bits per heavy atom. The number of rotatable bonds is 7. The number of esters is 1. The molecule has 6 heteroatoms. The van der Waals surface area contributed by atoms with Gasteiger partial charge in [0, 0.05) is 6.54 Å². The fourth-order valence-corrected chi connectivity index (χ4v) is 2.52. The van der Waals surface area contributed by atoms with Gasteiger partial charge >= 0.3 is 5.97 Å². The Kier molecular flexibility index (Phi) is 5.95. The molecule has 0 saturated heterocycles. The standard InChI is InChI=1S/C13H22N2O3S/c1-5-6-7-15-12-10(18-8(2)3)9(14)11(19-12)13(16)17-4/h8,15H,5-7,14H2,1-4H3. The third-order valence-electron chi connectivity index (χ3n) is 2.44. The van der Waals surface area contributed by atoms with Gasteiger partial charge in [0.05, 0.1) is 13.2 Å². The molecule has 1 heterocycles. The molecule has 1 rings (SSSR count). The zero-order chi connectivity index (χ0) is 14.4. The van der Waals surface area contributed by atoms with Gasteiger partial charge in [0.25, 0.3) is 0 Å². The van der Waals surface area contributed by atoms with Crippen LogP contribution in [-0.4, -0.2) is 25.7 Å². The molecule has 108 valence electrons. The summed E-state index contributed by atoms with van der Waals surface area (Å²) in [6, 6.07) is 0. The Morgan fingerprint density at radius 3 is 2.68 bits per heavy atom. The summed E-state index contributed by atoms with van der Waals surface area (Å²) in [6.45, 7) is 6.79. The van der Waals surface area contributed by atoms with Gasteiger partial charge in [0.1, 0.15) is 15.6 Å². The monoisotopic (exact) mass is 286 g/mol. The molecule has 1 aromatic heterocycles. The summed E-state index contributed by atoms with van der Waals surface area (Å²) >= 11 is 1.28. The molecule has 0 aromatic carbocycles. The number of nitrogen functional groups attached to an aromatic ring is 1. The van der Waals surface area contributed by atoms with Crippen LogP contribution in [0.25, 0.3) is 0 Å². The molecule has 19 heavy (non-hydrogen) atoms. The molecular formula is C13H22N2O3S. The Bertz CT molecular complexity index is 430. The topological polar surface area (TPSA) is 73.6 Å². The van der Waals surface area contributed by atoms with E-state index < -0.39 is 5.97 Å². The molecule has 0 fully saturated rings. The van der Waals surface area contributed by atoms with Crippen LogP contribution in [0.2, 0.25) is 0 Å². The highest BCUT2D eigenvalue weighted by atomic mass is 32.1. The number of carbonyl (C=O) groups is 1. The van der Waals surface area contributed by atoms with Crippen LogP contribution in [0.4, 0.5) is 10.7 Å². The van der Waals surface area contributed by atoms with Gasteiger partial charge in [-0.25, -0.2) is 4.79 Å². The maximum Gasteiger partial charge on any atom is 0.350 e. The Morgan fingerprint density at radius 2 is 2.16 bits per heavy atom. The minimum atomic E-state index is -0.431. The van der Waals surface area contributed by atoms with Crippen LogP contribution in [0.15, 0.2) is 0 Å². The van der Waals surface area contributed by atoms with Gasteiger partial charge in [-0.05, 0) is 20.3 Å². The van der Waals surface area contributed by atoms with E-state index in [-0.39, 0.29) is 6.10 Å². The van der Waals surface area contributed by atoms with Crippen LogP contribution < -0.4 is 15.8 Å². The molecule has 0 unspecified atom stereocenters. The molecular weight excluding hydrogens is 264 g/mol. The van der Waals surface area contributed by atoms with Crippen LogP contribution in [0.1, 0.15) is 43.3 Å². The Hall–Kier alpha value is -1.43. The fourth-order valence-electron chi connectivity index (χ4n) is 1.52. The lowest BCUT2D eigenvalue weighted by Crippen LogP contribution is -2.09. The number of anilines is 2. The van der Waals surface area contributed by atoms with Gasteiger partial charge in [0.15, 0.2) is 5.75 Å². The molecule has 0 bridgehead atoms. The first-order valence-corrected chi connectivity index (χ1v) is 7.24. The number of hydrogen-bond donors (Lipinski definition) is 2. The first kappa shape index (κ1) is 15.6. The predicted molar refractivity (Wildman–Crippen MR) is 79.2 cm³/mol. The normalized spacial score (nSPS) is 10.6. The highest BCUT2D eigenvalue weighted by Crippen LogP contribution is 2.43. The number of nitrogens with two attached hydrogens (primary N) is 1. The van der Waals surface area contributed by atoms with Gasteiger partial charge in [-0.1, -0.05) is 13.3 Å². The van der Waals surface area contributed by atoms with Crippen molar-refractivity contribution in [3.8, 4) is 5.75 Å². The van der Waals surface area contributed by atoms with E-state index in [0.29, 0.717) is 16.3 Å². The lowest BCUT2D eigenvalue weighted by molar-refractivity contribution is 0.0607. The van der Waals surface area contributed by atoms with Gasteiger partial charge in [-0.3, -0.25) is 0 Å². The molecule has 0 spiro atoms. The smallest absolute Gasteiger partial charge is 0.350 e. The second-order valence-electron chi connectivity index (χ2n) is 4.44. The number of ether oxygens (including phenoxy) is 2. The lowest BCUT2D eigenvalue weighted by atomic mass is 10.3. The molecule has 0 aliphatic carbocycles. The van der Waals surface area contributed by atoms with Crippen LogP contribution in [0.3, 0.4) is 0 Å². The van der Waals surface area contributed by atoms with E-state index in [1.165, 1.54) is 18.4 Å². The summed E-state index contributed by atoms with van der Waals surface area (Å²) < 4.78 is 10.4. The van der Waals surface area contributed by atoms with Crippen molar-refractivity contribution >= 4 is 28.0 Å². The minimum Gasteiger partial charge on any atom is -0.486 e. The fraction of sp³-hybridized carbons (Fsp3) is 0.615. The second-order valence-corrected chi connectivity index (χ2v) is 5.46.